The molecular formula is C30H29FN6O4S2. The van der Waals surface area contributed by atoms with E-state index in [1.54, 1.807) is 41.3 Å². The van der Waals surface area contributed by atoms with Gasteiger partial charge in [-0.2, -0.15) is 5.26 Å². The first kappa shape index (κ1) is 30.1. The normalized spacial score (nSPS) is 17.8. The number of allylic oxidation sites excluding steroid dienone is 3. The number of rotatable bonds is 8. The van der Waals surface area contributed by atoms with E-state index in [0.717, 1.165) is 0 Å². The van der Waals surface area contributed by atoms with Crippen LogP contribution in [0.15, 0.2) is 69.5 Å². The molecule has 5 rings (SSSR count). The Bertz CT molecular complexity index is 1710. The number of benzene rings is 2. The number of hydrogen-bond donors (Lipinski definition) is 2. The molecule has 1 aromatic heterocycles. The van der Waals surface area contributed by atoms with E-state index < -0.39 is 17.2 Å². The van der Waals surface area contributed by atoms with Gasteiger partial charge in [-0.3, -0.25) is 14.5 Å². The van der Waals surface area contributed by atoms with Crippen molar-refractivity contribution in [1.82, 2.24) is 10.2 Å². The fraction of sp³-hybridized carbons (Fsp3) is 0.300. The minimum absolute atomic E-state index is 0.0482. The van der Waals surface area contributed by atoms with Crippen molar-refractivity contribution in [3.8, 4) is 17.6 Å². The van der Waals surface area contributed by atoms with E-state index in [-0.39, 0.29) is 40.8 Å². The highest BCUT2D eigenvalue weighted by molar-refractivity contribution is 8.01. The molecule has 0 radical (unpaired) electrons. The Morgan fingerprint density at radius 1 is 1.21 bits per heavy atom. The number of thioether (sulfide) groups is 1. The second-order valence-corrected chi connectivity index (χ2v) is 12.9. The molecule has 1 unspecified atom stereocenters. The maximum atomic E-state index is 15.0. The molecule has 1 aliphatic carbocycles. The van der Waals surface area contributed by atoms with Gasteiger partial charge in [0.15, 0.2) is 21.6 Å². The van der Waals surface area contributed by atoms with Crippen molar-refractivity contribution in [2.24, 2.45) is 11.1 Å². The number of hydrogen-bond acceptors (Lipinski definition) is 11. The molecule has 1 atom stereocenters. The van der Waals surface area contributed by atoms with E-state index in [4.69, 9.17) is 15.2 Å². The summed E-state index contributed by atoms with van der Waals surface area (Å²) in [4.78, 5) is 27.9. The number of nitrogens with one attached hydrogen (secondary N) is 1. The van der Waals surface area contributed by atoms with E-state index in [9.17, 15) is 14.9 Å². The van der Waals surface area contributed by atoms with Crippen molar-refractivity contribution < 1.29 is 23.5 Å². The number of carbonyl (C=O) groups excluding carboxylic acids is 2. The highest BCUT2D eigenvalue weighted by Crippen LogP contribution is 2.51. The summed E-state index contributed by atoms with van der Waals surface area (Å²) in [7, 11) is 3.04. The van der Waals surface area contributed by atoms with E-state index in [0.29, 0.717) is 44.3 Å². The number of ether oxygens (including phenoxy) is 2. The van der Waals surface area contributed by atoms with Crippen LogP contribution in [0.3, 0.4) is 0 Å². The zero-order valence-corrected chi connectivity index (χ0v) is 25.6. The van der Waals surface area contributed by atoms with Gasteiger partial charge in [-0.1, -0.05) is 55.1 Å². The Morgan fingerprint density at radius 2 is 1.95 bits per heavy atom. The van der Waals surface area contributed by atoms with Crippen molar-refractivity contribution in [3.05, 3.63) is 76.5 Å². The minimum Gasteiger partial charge on any atom is -0.493 e. The molecular weight excluding hydrogens is 592 g/mol. The zero-order valence-electron chi connectivity index (χ0n) is 23.9. The maximum absolute atomic E-state index is 15.0. The quantitative estimate of drug-likeness (QED) is 0.316. The van der Waals surface area contributed by atoms with Gasteiger partial charge in [-0.25, -0.2) is 4.39 Å². The number of anilines is 2. The Labute approximate surface area is 256 Å². The number of nitriles is 1. The smallest absolute Gasteiger partial charge is 0.234 e. The number of halogens is 1. The number of ketones is 1. The lowest BCUT2D eigenvalue weighted by atomic mass is 9.68. The Balaban J connectivity index is 1.43. The zero-order chi connectivity index (χ0) is 30.9. The van der Waals surface area contributed by atoms with Crippen LogP contribution in [-0.2, 0) is 9.59 Å². The highest BCUT2D eigenvalue weighted by atomic mass is 32.2. The maximum Gasteiger partial charge on any atom is 0.234 e. The summed E-state index contributed by atoms with van der Waals surface area (Å²) >= 11 is 2.36. The van der Waals surface area contributed by atoms with Gasteiger partial charge in [0.05, 0.1) is 37.5 Å². The number of methoxy groups -OCH3 is 2. The van der Waals surface area contributed by atoms with Crippen LogP contribution in [0.25, 0.3) is 0 Å². The van der Waals surface area contributed by atoms with Gasteiger partial charge in [0.2, 0.25) is 11.0 Å². The number of nitrogens with zero attached hydrogens (tertiary/aromatic N) is 4. The van der Waals surface area contributed by atoms with Crippen molar-refractivity contribution in [1.29, 1.82) is 5.26 Å². The molecule has 2 heterocycles. The van der Waals surface area contributed by atoms with Gasteiger partial charge in [-0.05, 0) is 30.0 Å². The van der Waals surface area contributed by atoms with Gasteiger partial charge in [0, 0.05) is 35.0 Å². The monoisotopic (exact) mass is 620 g/mol. The van der Waals surface area contributed by atoms with Crippen molar-refractivity contribution in [2.75, 3.05) is 30.2 Å². The van der Waals surface area contributed by atoms with Gasteiger partial charge in [-0.15, -0.1) is 10.2 Å². The van der Waals surface area contributed by atoms with Crippen LogP contribution in [0.1, 0.15) is 38.2 Å². The van der Waals surface area contributed by atoms with Crippen LogP contribution < -0.4 is 25.4 Å². The van der Waals surface area contributed by atoms with Gasteiger partial charge in [0.25, 0.3) is 0 Å². The number of carbonyl (C=O) groups is 2. The standard InChI is InChI=1S/C30H29FN6O4S2/c1-30(2)12-20-26(21(38)13-30)25(17-7-5-6-8-19(17)31)18(14-32)27(33)37(20)28-35-36-29(43-28)42-15-24(39)34-16-9-10-22(40-3)23(11-16)41-4/h5-11,25H,12-13,15,33H2,1-4H3,(H,34,39). The van der Waals surface area contributed by atoms with Gasteiger partial charge >= 0.3 is 0 Å². The lowest BCUT2D eigenvalue weighted by molar-refractivity contribution is -0.118. The molecule has 222 valence electrons. The summed E-state index contributed by atoms with van der Waals surface area (Å²) < 4.78 is 26.1. The van der Waals surface area contributed by atoms with Crippen molar-refractivity contribution in [2.45, 2.75) is 36.9 Å². The summed E-state index contributed by atoms with van der Waals surface area (Å²) in [5.41, 5.74) is 7.96. The highest BCUT2D eigenvalue weighted by Gasteiger charge is 2.46. The van der Waals surface area contributed by atoms with Crippen LogP contribution in [-0.4, -0.2) is 41.9 Å². The third kappa shape index (κ3) is 5.93. The fourth-order valence-electron chi connectivity index (χ4n) is 5.34. The predicted molar refractivity (Wildman–Crippen MR) is 162 cm³/mol. The van der Waals surface area contributed by atoms with Crippen molar-refractivity contribution in [3.63, 3.8) is 0 Å². The molecule has 0 bridgehead atoms. The number of nitrogens with two attached hydrogens (primary N) is 1. The van der Waals surface area contributed by atoms with Crippen LogP contribution in [0.4, 0.5) is 15.2 Å². The Hall–Kier alpha value is -4.41. The SMILES string of the molecule is COc1ccc(NC(=O)CSc2nnc(N3C(N)=C(C#N)C(c4ccccc4F)C4=C3CC(C)(C)CC4=O)s2)cc1OC. The first-order valence-electron chi connectivity index (χ1n) is 13.3. The average Bonchev–Trinajstić information content (AvgIpc) is 3.43. The van der Waals surface area contributed by atoms with Gasteiger partial charge < -0.3 is 20.5 Å². The fourth-order valence-corrected chi connectivity index (χ4v) is 7.02. The van der Waals surface area contributed by atoms with Crippen LogP contribution in [0.5, 0.6) is 11.5 Å². The molecule has 10 nitrogen and oxygen atoms in total. The molecule has 1 amide bonds. The van der Waals surface area contributed by atoms with E-state index in [1.165, 1.54) is 43.4 Å². The Kier molecular flexibility index (Phi) is 8.43. The third-order valence-corrected chi connectivity index (χ3v) is 9.22. The van der Waals surface area contributed by atoms with Crippen LogP contribution in [0.2, 0.25) is 0 Å². The first-order valence-corrected chi connectivity index (χ1v) is 15.1. The molecule has 43 heavy (non-hydrogen) atoms. The summed E-state index contributed by atoms with van der Waals surface area (Å²) in [5, 5.41) is 21.9. The second-order valence-electron chi connectivity index (χ2n) is 10.8. The lowest BCUT2D eigenvalue weighted by Crippen LogP contribution is -2.42. The van der Waals surface area contributed by atoms with Crippen LogP contribution in [0, 0.1) is 22.6 Å². The van der Waals surface area contributed by atoms with E-state index in [2.05, 4.69) is 21.6 Å². The van der Waals surface area contributed by atoms with E-state index in [1.807, 2.05) is 13.8 Å². The molecule has 2 aromatic carbocycles. The number of Topliss-reactive ketones (excluding diaryl/α,β-unsaturated/α-hetero) is 1. The summed E-state index contributed by atoms with van der Waals surface area (Å²) in [6.45, 7) is 3.95. The number of aromatic nitrogens is 2. The van der Waals surface area contributed by atoms with Crippen molar-refractivity contribution >= 4 is 45.6 Å². The Morgan fingerprint density at radius 3 is 2.65 bits per heavy atom. The summed E-state index contributed by atoms with van der Waals surface area (Å²) in [6, 6.07) is 13.3. The molecule has 3 aromatic rings. The molecule has 0 fully saturated rings. The first-order chi connectivity index (χ1) is 20.6. The molecule has 13 heteroatoms. The second kappa shape index (κ2) is 12.1. The summed E-state index contributed by atoms with van der Waals surface area (Å²) in [5.74, 6) is -0.739. The predicted octanol–water partition coefficient (Wildman–Crippen LogP) is 5.37. The average molecular weight is 621 g/mol. The minimum atomic E-state index is -0.928. The molecule has 0 saturated heterocycles. The van der Waals surface area contributed by atoms with E-state index >= 15 is 4.39 Å². The number of amides is 1. The lowest BCUT2D eigenvalue weighted by Gasteiger charge is -2.42. The molecule has 3 N–H and O–H groups in total. The molecule has 1 aliphatic heterocycles. The molecule has 0 spiro atoms. The largest absolute Gasteiger partial charge is 0.493 e. The van der Waals surface area contributed by atoms with Gasteiger partial charge in [0.1, 0.15) is 11.6 Å². The van der Waals surface area contributed by atoms with Crippen LogP contribution >= 0.6 is 23.1 Å². The third-order valence-electron chi connectivity index (χ3n) is 7.18. The summed E-state index contributed by atoms with van der Waals surface area (Å²) in [6.07, 6.45) is 0.698. The topological polar surface area (TPSA) is 143 Å². The molecule has 0 saturated carbocycles. The molecule has 2 aliphatic rings.